The summed E-state index contributed by atoms with van der Waals surface area (Å²) in [5, 5.41) is 6.85. The zero-order chi connectivity index (χ0) is 16.4. The molecule has 2 aromatic heterocycles. The number of fused-ring (bicyclic) bond motifs is 1. The first-order chi connectivity index (χ1) is 11.1. The van der Waals surface area contributed by atoms with Crippen molar-refractivity contribution in [2.75, 3.05) is 0 Å². The number of hydrogen-bond donors (Lipinski definition) is 1. The van der Waals surface area contributed by atoms with E-state index in [1.165, 1.54) is 4.57 Å². The second-order valence-electron chi connectivity index (χ2n) is 5.26. The molecule has 0 aliphatic carbocycles. The number of carbonyl (C=O) groups is 1. The molecule has 118 valence electrons. The molecule has 0 unspecified atom stereocenters. The van der Waals surface area contributed by atoms with Gasteiger partial charge < -0.3 is 9.84 Å². The van der Waals surface area contributed by atoms with Crippen LogP contribution >= 0.6 is 0 Å². The van der Waals surface area contributed by atoms with Gasteiger partial charge >= 0.3 is 0 Å². The Balaban J connectivity index is 1.79. The first-order valence-corrected chi connectivity index (χ1v) is 7.20. The van der Waals surface area contributed by atoms with Gasteiger partial charge in [-0.2, -0.15) is 4.98 Å². The number of nitrogens with zero attached hydrogens (tertiary/aromatic N) is 3. The molecule has 23 heavy (non-hydrogen) atoms. The fourth-order valence-corrected chi connectivity index (χ4v) is 2.35. The van der Waals surface area contributed by atoms with Crippen LogP contribution in [0.1, 0.15) is 17.1 Å². The monoisotopic (exact) mass is 312 g/mol. The van der Waals surface area contributed by atoms with Crippen molar-refractivity contribution in [2.45, 2.75) is 26.9 Å². The molecule has 0 bridgehead atoms. The van der Waals surface area contributed by atoms with Crippen LogP contribution in [-0.2, 0) is 17.9 Å². The smallest absolute Gasteiger partial charge is 0.267 e. The van der Waals surface area contributed by atoms with E-state index >= 15 is 0 Å². The predicted molar refractivity (Wildman–Crippen MR) is 83.8 cm³/mol. The number of rotatable bonds is 4. The SMILES string of the molecule is Cc1noc2nc(C)n(CC(=O)NCc3ccccc3)c(=O)c12. The highest BCUT2D eigenvalue weighted by Crippen LogP contribution is 2.11. The lowest BCUT2D eigenvalue weighted by Crippen LogP contribution is -2.33. The van der Waals surface area contributed by atoms with E-state index in [0.717, 1.165) is 5.56 Å². The van der Waals surface area contributed by atoms with Gasteiger partial charge in [0.05, 0.1) is 5.69 Å². The summed E-state index contributed by atoms with van der Waals surface area (Å²) in [7, 11) is 0. The molecule has 0 saturated heterocycles. The van der Waals surface area contributed by atoms with Crippen molar-refractivity contribution < 1.29 is 9.32 Å². The van der Waals surface area contributed by atoms with Crippen molar-refractivity contribution in [2.24, 2.45) is 0 Å². The fraction of sp³-hybridized carbons (Fsp3) is 0.250. The zero-order valence-corrected chi connectivity index (χ0v) is 12.9. The summed E-state index contributed by atoms with van der Waals surface area (Å²) in [5.41, 5.74) is 1.34. The maximum atomic E-state index is 12.5. The molecule has 0 aliphatic rings. The van der Waals surface area contributed by atoms with Crippen molar-refractivity contribution in [1.29, 1.82) is 0 Å². The van der Waals surface area contributed by atoms with Gasteiger partial charge in [-0.05, 0) is 19.4 Å². The minimum absolute atomic E-state index is 0.0922. The molecular weight excluding hydrogens is 296 g/mol. The summed E-state index contributed by atoms with van der Waals surface area (Å²) in [6.07, 6.45) is 0. The van der Waals surface area contributed by atoms with E-state index in [0.29, 0.717) is 23.4 Å². The molecule has 2 heterocycles. The van der Waals surface area contributed by atoms with Crippen LogP contribution in [-0.4, -0.2) is 20.6 Å². The molecule has 0 fully saturated rings. The summed E-state index contributed by atoms with van der Waals surface area (Å²) >= 11 is 0. The lowest BCUT2D eigenvalue weighted by Gasteiger charge is -2.09. The lowest BCUT2D eigenvalue weighted by atomic mass is 10.2. The Bertz CT molecular complexity index is 912. The summed E-state index contributed by atoms with van der Waals surface area (Å²) in [6.45, 7) is 3.65. The Labute approximate surface area is 131 Å². The Hall–Kier alpha value is -2.96. The molecule has 0 spiro atoms. The number of benzene rings is 1. The van der Waals surface area contributed by atoms with Crippen LogP contribution in [0.15, 0.2) is 39.6 Å². The van der Waals surface area contributed by atoms with Crippen LogP contribution in [0.4, 0.5) is 0 Å². The standard InChI is InChI=1S/C16H16N4O3/c1-10-14-15(23-19-10)18-11(2)20(16(14)22)9-13(21)17-8-12-6-4-3-5-7-12/h3-7H,8-9H2,1-2H3,(H,17,21). The van der Waals surface area contributed by atoms with Crippen LogP contribution in [0.3, 0.4) is 0 Å². The molecular formula is C16H16N4O3. The van der Waals surface area contributed by atoms with Gasteiger partial charge in [0.15, 0.2) is 0 Å². The van der Waals surface area contributed by atoms with E-state index in [1.807, 2.05) is 30.3 Å². The molecule has 0 atom stereocenters. The maximum absolute atomic E-state index is 12.5. The predicted octanol–water partition coefficient (Wildman–Crippen LogP) is 1.32. The second-order valence-corrected chi connectivity index (χ2v) is 5.26. The van der Waals surface area contributed by atoms with Crippen molar-refractivity contribution in [3.63, 3.8) is 0 Å². The molecule has 0 radical (unpaired) electrons. The Morgan fingerprint density at radius 2 is 2.00 bits per heavy atom. The van der Waals surface area contributed by atoms with E-state index in [4.69, 9.17) is 4.52 Å². The summed E-state index contributed by atoms with van der Waals surface area (Å²) in [5.74, 6) is 0.155. The van der Waals surface area contributed by atoms with E-state index in [1.54, 1.807) is 13.8 Å². The summed E-state index contributed by atoms with van der Waals surface area (Å²) in [4.78, 5) is 28.8. The molecule has 1 aromatic carbocycles. The number of nitrogens with one attached hydrogen (secondary N) is 1. The van der Waals surface area contributed by atoms with Crippen molar-refractivity contribution >= 4 is 17.0 Å². The van der Waals surface area contributed by atoms with E-state index < -0.39 is 0 Å². The van der Waals surface area contributed by atoms with Gasteiger partial charge in [-0.15, -0.1) is 0 Å². The molecule has 0 saturated carbocycles. The zero-order valence-electron chi connectivity index (χ0n) is 12.9. The largest absolute Gasteiger partial charge is 0.350 e. The molecule has 1 amide bonds. The first-order valence-electron chi connectivity index (χ1n) is 7.20. The average Bonchev–Trinajstić information content (AvgIpc) is 2.91. The average molecular weight is 312 g/mol. The lowest BCUT2D eigenvalue weighted by molar-refractivity contribution is -0.121. The van der Waals surface area contributed by atoms with Crippen LogP contribution in [0.5, 0.6) is 0 Å². The molecule has 3 rings (SSSR count). The third kappa shape index (κ3) is 2.98. The quantitative estimate of drug-likeness (QED) is 0.784. The van der Waals surface area contributed by atoms with Crippen LogP contribution < -0.4 is 10.9 Å². The molecule has 7 heteroatoms. The Morgan fingerprint density at radius 3 is 2.74 bits per heavy atom. The Morgan fingerprint density at radius 1 is 1.26 bits per heavy atom. The highest BCUT2D eigenvalue weighted by molar-refractivity contribution is 5.77. The van der Waals surface area contributed by atoms with Crippen molar-refractivity contribution in [3.05, 3.63) is 57.8 Å². The van der Waals surface area contributed by atoms with Crippen molar-refractivity contribution in [1.82, 2.24) is 20.0 Å². The number of hydrogen-bond acceptors (Lipinski definition) is 5. The van der Waals surface area contributed by atoms with Gasteiger partial charge in [0.1, 0.15) is 17.8 Å². The first kappa shape index (κ1) is 15.0. The molecule has 7 nitrogen and oxygen atoms in total. The van der Waals surface area contributed by atoms with E-state index in [2.05, 4.69) is 15.5 Å². The van der Waals surface area contributed by atoms with Gasteiger partial charge in [0, 0.05) is 6.54 Å². The molecule has 3 aromatic rings. The van der Waals surface area contributed by atoms with Gasteiger partial charge in [-0.3, -0.25) is 14.2 Å². The highest BCUT2D eigenvalue weighted by Gasteiger charge is 2.16. The highest BCUT2D eigenvalue weighted by atomic mass is 16.5. The minimum Gasteiger partial charge on any atom is -0.350 e. The fourth-order valence-electron chi connectivity index (χ4n) is 2.35. The second kappa shape index (κ2) is 6.04. The summed E-state index contributed by atoms with van der Waals surface area (Å²) in [6, 6.07) is 9.57. The topological polar surface area (TPSA) is 90.0 Å². The molecule has 0 aliphatic heterocycles. The van der Waals surface area contributed by atoms with Crippen LogP contribution in [0.2, 0.25) is 0 Å². The normalized spacial score (nSPS) is 10.9. The van der Waals surface area contributed by atoms with Gasteiger partial charge in [-0.1, -0.05) is 35.5 Å². The van der Waals surface area contributed by atoms with Gasteiger partial charge in [0.25, 0.3) is 11.3 Å². The number of aromatic nitrogens is 3. The van der Waals surface area contributed by atoms with Gasteiger partial charge in [0.2, 0.25) is 5.91 Å². The Kier molecular flexibility index (Phi) is 3.92. The maximum Gasteiger partial charge on any atom is 0.267 e. The molecule has 1 N–H and O–H groups in total. The number of aryl methyl sites for hydroxylation is 2. The minimum atomic E-state index is -0.318. The van der Waals surface area contributed by atoms with E-state index in [-0.39, 0.29) is 23.7 Å². The summed E-state index contributed by atoms with van der Waals surface area (Å²) < 4.78 is 6.33. The third-order valence-electron chi connectivity index (χ3n) is 3.59. The van der Waals surface area contributed by atoms with Crippen molar-refractivity contribution in [3.8, 4) is 0 Å². The van der Waals surface area contributed by atoms with Gasteiger partial charge in [-0.25, -0.2) is 0 Å². The third-order valence-corrected chi connectivity index (χ3v) is 3.59. The number of amides is 1. The van der Waals surface area contributed by atoms with E-state index in [9.17, 15) is 9.59 Å². The van der Waals surface area contributed by atoms with Crippen LogP contribution in [0, 0.1) is 13.8 Å². The van der Waals surface area contributed by atoms with Crippen LogP contribution in [0.25, 0.3) is 11.1 Å². The number of carbonyl (C=O) groups excluding carboxylic acids is 1.